The summed E-state index contributed by atoms with van der Waals surface area (Å²) in [5.74, 6) is 1.61. The Bertz CT molecular complexity index is 626. The van der Waals surface area contributed by atoms with E-state index in [1.54, 1.807) is 0 Å². The van der Waals surface area contributed by atoms with Crippen LogP contribution in [0.2, 0.25) is 18.1 Å². The number of hydrogen-bond donors (Lipinski definition) is 2. The number of hydrogen-bond acceptors (Lipinski definition) is 5. The minimum Gasteiger partial charge on any atom is -0.414 e. The fourth-order valence-corrected chi connectivity index (χ4v) is 5.18. The van der Waals surface area contributed by atoms with Crippen molar-refractivity contribution < 1.29 is 4.43 Å². The molecule has 0 atom stereocenters. The molecule has 0 bridgehead atoms. The molecule has 1 aromatic rings. The highest BCUT2D eigenvalue weighted by atomic mass is 79.9. The number of unbranched alkanes of at least 4 members (excludes halogenated alkanes) is 1. The van der Waals surface area contributed by atoms with Gasteiger partial charge >= 0.3 is 0 Å². The van der Waals surface area contributed by atoms with E-state index in [4.69, 9.17) is 4.43 Å². The number of anilines is 2. The van der Waals surface area contributed by atoms with Gasteiger partial charge in [-0.1, -0.05) is 34.1 Å². The molecule has 7 heteroatoms. The molecule has 1 fully saturated rings. The van der Waals surface area contributed by atoms with Gasteiger partial charge in [-0.3, -0.25) is 0 Å². The van der Waals surface area contributed by atoms with Crippen LogP contribution in [0.3, 0.4) is 0 Å². The largest absolute Gasteiger partial charge is 0.414 e. The molecule has 0 unspecified atom stereocenters. The Labute approximate surface area is 187 Å². The van der Waals surface area contributed by atoms with Crippen LogP contribution in [0.5, 0.6) is 0 Å². The lowest BCUT2D eigenvalue weighted by atomic mass is 9.95. The molecule has 2 rings (SSSR count). The molecule has 0 aromatic carbocycles. The van der Waals surface area contributed by atoms with Crippen molar-refractivity contribution in [3.8, 4) is 0 Å². The summed E-state index contributed by atoms with van der Waals surface area (Å²) in [4.78, 5) is 9.06. The highest BCUT2D eigenvalue weighted by Gasteiger charge is 2.39. The number of halogens is 1. The van der Waals surface area contributed by atoms with Gasteiger partial charge in [0.15, 0.2) is 8.32 Å². The lowest BCUT2D eigenvalue weighted by molar-refractivity contribution is 0.147. The molecule has 29 heavy (non-hydrogen) atoms. The molecular weight excluding hydrogens is 444 g/mol. The van der Waals surface area contributed by atoms with E-state index in [9.17, 15) is 0 Å². The molecule has 5 nitrogen and oxygen atoms in total. The van der Waals surface area contributed by atoms with E-state index in [2.05, 4.69) is 77.3 Å². The van der Waals surface area contributed by atoms with Crippen LogP contribution in [0.15, 0.2) is 10.7 Å². The molecule has 0 radical (unpaired) electrons. The van der Waals surface area contributed by atoms with Crippen LogP contribution in [-0.2, 0) is 4.43 Å². The number of nitrogens with one attached hydrogen (secondary N) is 2. The number of rotatable bonds is 8. The Morgan fingerprint density at radius 3 is 2.41 bits per heavy atom. The van der Waals surface area contributed by atoms with E-state index in [0.29, 0.717) is 18.1 Å². The van der Waals surface area contributed by atoms with Crippen molar-refractivity contribution >= 4 is 36.0 Å². The fraction of sp³-hybridized carbons (Fsp3) is 0.818. The van der Waals surface area contributed by atoms with Crippen LogP contribution in [-0.4, -0.2) is 37.0 Å². The minimum atomic E-state index is -1.68. The Morgan fingerprint density at radius 1 is 1.17 bits per heavy atom. The molecule has 1 aromatic heterocycles. The maximum absolute atomic E-state index is 6.70. The standard InChI is InChI=1S/C22H41BrN4OSi/c1-7-8-15-24-21-25-16-19(23)20(27-21)26-17-11-9-13-18(14-10-12-17)28-29(5,6)22(2,3)4/h16-18H,7-15H2,1-6H3,(H2,24,25,26,27)/t17-,18-. The van der Waals surface area contributed by atoms with Gasteiger partial charge in [-0.2, -0.15) is 4.98 Å². The fourth-order valence-electron chi connectivity index (χ4n) is 3.45. The summed E-state index contributed by atoms with van der Waals surface area (Å²) in [7, 11) is -1.68. The third-order valence-electron chi connectivity index (χ3n) is 6.32. The summed E-state index contributed by atoms with van der Waals surface area (Å²) >= 11 is 3.60. The van der Waals surface area contributed by atoms with Crippen LogP contribution >= 0.6 is 15.9 Å². The zero-order chi connectivity index (χ0) is 21.5. The molecule has 1 aliphatic rings. The van der Waals surface area contributed by atoms with Crippen molar-refractivity contribution in [2.75, 3.05) is 17.2 Å². The van der Waals surface area contributed by atoms with Crippen molar-refractivity contribution in [3.63, 3.8) is 0 Å². The first-order valence-electron chi connectivity index (χ1n) is 11.3. The smallest absolute Gasteiger partial charge is 0.224 e. The molecular formula is C22H41BrN4OSi. The summed E-state index contributed by atoms with van der Waals surface area (Å²) in [5.41, 5.74) is 0. The Kier molecular flexibility index (Phi) is 9.42. The predicted octanol–water partition coefficient (Wildman–Crippen LogP) is 6.98. The monoisotopic (exact) mass is 484 g/mol. The van der Waals surface area contributed by atoms with Crippen LogP contribution in [0.1, 0.15) is 79.1 Å². The van der Waals surface area contributed by atoms with E-state index in [1.165, 1.54) is 25.7 Å². The molecule has 1 saturated carbocycles. The summed E-state index contributed by atoms with van der Waals surface area (Å²) < 4.78 is 7.63. The highest BCUT2D eigenvalue weighted by Crippen LogP contribution is 2.39. The maximum Gasteiger partial charge on any atom is 0.224 e. The highest BCUT2D eigenvalue weighted by molar-refractivity contribution is 9.10. The second-order valence-electron chi connectivity index (χ2n) is 9.87. The third kappa shape index (κ3) is 7.83. The summed E-state index contributed by atoms with van der Waals surface area (Å²) in [5, 5.41) is 7.26. The quantitative estimate of drug-likeness (QED) is 0.307. The molecule has 1 aliphatic carbocycles. The van der Waals surface area contributed by atoms with Crippen LogP contribution in [0, 0.1) is 0 Å². The average molecular weight is 486 g/mol. The molecule has 0 amide bonds. The van der Waals surface area contributed by atoms with Crippen molar-refractivity contribution in [3.05, 3.63) is 10.7 Å². The van der Waals surface area contributed by atoms with Gasteiger partial charge < -0.3 is 15.1 Å². The van der Waals surface area contributed by atoms with Gasteiger partial charge in [-0.15, -0.1) is 0 Å². The van der Waals surface area contributed by atoms with Crippen molar-refractivity contribution in [1.82, 2.24) is 9.97 Å². The van der Waals surface area contributed by atoms with Gasteiger partial charge in [-0.05, 0) is 79.0 Å². The van der Waals surface area contributed by atoms with E-state index >= 15 is 0 Å². The van der Waals surface area contributed by atoms with Crippen molar-refractivity contribution in [1.29, 1.82) is 0 Å². The molecule has 0 spiro atoms. The Hall–Kier alpha value is -0.663. The van der Waals surface area contributed by atoms with Gasteiger partial charge in [0.2, 0.25) is 5.95 Å². The van der Waals surface area contributed by atoms with Gasteiger partial charge in [0.1, 0.15) is 5.82 Å². The van der Waals surface area contributed by atoms with Crippen LogP contribution in [0.4, 0.5) is 11.8 Å². The third-order valence-corrected chi connectivity index (χ3v) is 11.4. The lowest BCUT2D eigenvalue weighted by Gasteiger charge is -2.40. The van der Waals surface area contributed by atoms with Crippen LogP contribution in [0.25, 0.3) is 0 Å². The van der Waals surface area contributed by atoms with Crippen LogP contribution < -0.4 is 10.6 Å². The van der Waals surface area contributed by atoms with E-state index in [0.717, 1.165) is 42.5 Å². The topological polar surface area (TPSA) is 59.1 Å². The summed E-state index contributed by atoms with van der Waals surface area (Å²) in [6, 6.07) is 0.457. The number of nitrogens with zero attached hydrogens (tertiary/aromatic N) is 2. The SMILES string of the molecule is CCCCNc1ncc(Br)c(N[C@H]2CCC[C@H](O[Si](C)(C)C(C)(C)C)CCC2)n1. The maximum atomic E-state index is 6.70. The Morgan fingerprint density at radius 2 is 1.83 bits per heavy atom. The van der Waals surface area contributed by atoms with E-state index in [1.807, 2.05) is 6.20 Å². The minimum absolute atomic E-state index is 0.279. The van der Waals surface area contributed by atoms with Gasteiger partial charge in [0, 0.05) is 24.9 Å². The first-order valence-corrected chi connectivity index (χ1v) is 15.0. The second kappa shape index (κ2) is 11.1. The van der Waals surface area contributed by atoms with Crippen molar-refractivity contribution in [2.45, 2.75) is 109 Å². The number of aromatic nitrogens is 2. The normalized spacial score (nSPS) is 21.3. The zero-order valence-electron chi connectivity index (χ0n) is 19.3. The van der Waals surface area contributed by atoms with Gasteiger partial charge in [0.05, 0.1) is 4.47 Å². The summed E-state index contributed by atoms with van der Waals surface area (Å²) in [6.45, 7) is 14.8. The molecule has 0 aliphatic heterocycles. The van der Waals surface area contributed by atoms with Gasteiger partial charge in [0.25, 0.3) is 0 Å². The van der Waals surface area contributed by atoms with Gasteiger partial charge in [-0.25, -0.2) is 4.98 Å². The molecule has 0 saturated heterocycles. The second-order valence-corrected chi connectivity index (χ2v) is 15.5. The Balaban J connectivity index is 1.89. The first kappa shape index (κ1) is 24.6. The molecule has 166 valence electrons. The summed E-state index contributed by atoms with van der Waals surface area (Å²) in [6.07, 6.45) is 11.6. The molecule has 1 heterocycles. The van der Waals surface area contributed by atoms with Crippen molar-refractivity contribution in [2.24, 2.45) is 0 Å². The molecule has 2 N–H and O–H groups in total. The van der Waals surface area contributed by atoms with E-state index < -0.39 is 8.32 Å². The zero-order valence-corrected chi connectivity index (χ0v) is 21.9. The average Bonchev–Trinajstić information content (AvgIpc) is 2.60. The first-order chi connectivity index (χ1) is 13.6. The lowest BCUT2D eigenvalue weighted by Crippen LogP contribution is -2.44. The van der Waals surface area contributed by atoms with E-state index in [-0.39, 0.29) is 5.04 Å². The predicted molar refractivity (Wildman–Crippen MR) is 130 cm³/mol.